The third-order valence-corrected chi connectivity index (χ3v) is 3.28. The number of rotatable bonds is 9. The number of methoxy groups -OCH3 is 1. The number of nitrogens with one attached hydrogen (secondary N) is 1. The first kappa shape index (κ1) is 15.3. The van der Waals surface area contributed by atoms with Gasteiger partial charge in [0.1, 0.15) is 6.54 Å². The lowest BCUT2D eigenvalue weighted by Crippen LogP contribution is -2.44. The van der Waals surface area contributed by atoms with Crippen LogP contribution in [0.4, 0.5) is 0 Å². The first-order chi connectivity index (χ1) is 7.44. The molecule has 2 N–H and O–H groups in total. The maximum Gasteiger partial charge on any atom is 0.318 e. The van der Waals surface area contributed by atoms with Crippen molar-refractivity contribution in [2.24, 2.45) is 0 Å². The molecule has 16 heavy (non-hydrogen) atoms. The highest BCUT2D eigenvalue weighted by molar-refractivity contribution is 7.87. The van der Waals surface area contributed by atoms with Crippen LogP contribution in [-0.2, 0) is 19.7 Å². The topological polar surface area (TPSA) is 95.9 Å². The lowest BCUT2D eigenvalue weighted by atomic mass is 10.5. The Balaban J connectivity index is 4.43. The second-order valence-corrected chi connectivity index (χ2v) is 4.87. The number of carboxylic acids is 1. The van der Waals surface area contributed by atoms with E-state index in [1.54, 1.807) is 6.92 Å². The maximum atomic E-state index is 11.6. The summed E-state index contributed by atoms with van der Waals surface area (Å²) in [5, 5.41) is 8.59. The second-order valence-electron chi connectivity index (χ2n) is 3.12. The van der Waals surface area contributed by atoms with Gasteiger partial charge in [0.2, 0.25) is 0 Å². The van der Waals surface area contributed by atoms with Gasteiger partial charge >= 0.3 is 5.97 Å². The van der Waals surface area contributed by atoms with E-state index in [0.717, 1.165) is 4.31 Å². The average Bonchev–Trinajstić information content (AvgIpc) is 2.16. The van der Waals surface area contributed by atoms with Crippen LogP contribution in [-0.4, -0.2) is 57.1 Å². The van der Waals surface area contributed by atoms with E-state index in [2.05, 4.69) is 4.72 Å². The van der Waals surface area contributed by atoms with Crippen LogP contribution in [0.3, 0.4) is 0 Å². The molecule has 96 valence electrons. The summed E-state index contributed by atoms with van der Waals surface area (Å²) in [7, 11) is -2.28. The summed E-state index contributed by atoms with van der Waals surface area (Å²) in [5.41, 5.74) is 0. The van der Waals surface area contributed by atoms with E-state index < -0.39 is 22.7 Å². The molecule has 0 saturated heterocycles. The minimum atomic E-state index is -3.73. The Morgan fingerprint density at radius 2 is 2.12 bits per heavy atom. The fourth-order valence-corrected chi connectivity index (χ4v) is 2.28. The molecule has 0 aromatic rings. The van der Waals surface area contributed by atoms with Crippen molar-refractivity contribution < 1.29 is 23.1 Å². The summed E-state index contributed by atoms with van der Waals surface area (Å²) in [5.74, 6) is -1.18. The zero-order valence-electron chi connectivity index (χ0n) is 9.47. The molecule has 0 aliphatic rings. The first-order valence-electron chi connectivity index (χ1n) is 4.89. The van der Waals surface area contributed by atoms with E-state index >= 15 is 0 Å². The predicted octanol–water partition coefficient (Wildman–Crippen LogP) is -0.736. The van der Waals surface area contributed by atoms with Gasteiger partial charge in [-0.1, -0.05) is 6.92 Å². The normalized spacial score (nSPS) is 11.9. The monoisotopic (exact) mass is 254 g/mol. The van der Waals surface area contributed by atoms with Crippen molar-refractivity contribution in [2.75, 3.05) is 33.4 Å². The molecule has 0 amide bonds. The molecular weight excluding hydrogens is 236 g/mol. The molecule has 0 atom stereocenters. The second kappa shape index (κ2) is 7.55. The van der Waals surface area contributed by atoms with Gasteiger partial charge in [-0.2, -0.15) is 17.4 Å². The van der Waals surface area contributed by atoms with Gasteiger partial charge in [0, 0.05) is 20.2 Å². The van der Waals surface area contributed by atoms with Crippen molar-refractivity contribution in [3.63, 3.8) is 0 Å². The smallest absolute Gasteiger partial charge is 0.318 e. The van der Waals surface area contributed by atoms with E-state index in [-0.39, 0.29) is 19.7 Å². The average molecular weight is 254 g/mol. The third-order valence-electron chi connectivity index (χ3n) is 1.72. The highest BCUT2D eigenvalue weighted by Crippen LogP contribution is 1.99. The molecule has 0 aliphatic carbocycles. The van der Waals surface area contributed by atoms with Crippen LogP contribution in [0.5, 0.6) is 0 Å². The summed E-state index contributed by atoms with van der Waals surface area (Å²) >= 11 is 0. The summed E-state index contributed by atoms with van der Waals surface area (Å²) in [4.78, 5) is 10.5. The van der Waals surface area contributed by atoms with Gasteiger partial charge in [0.15, 0.2) is 0 Å². The molecule has 0 fully saturated rings. The van der Waals surface area contributed by atoms with Gasteiger partial charge in [-0.3, -0.25) is 4.79 Å². The lowest BCUT2D eigenvalue weighted by molar-refractivity contribution is -0.137. The minimum absolute atomic E-state index is 0.124. The van der Waals surface area contributed by atoms with Gasteiger partial charge in [-0.25, -0.2) is 0 Å². The van der Waals surface area contributed by atoms with E-state index in [0.29, 0.717) is 6.42 Å². The molecule has 0 unspecified atom stereocenters. The zero-order chi connectivity index (χ0) is 12.6. The van der Waals surface area contributed by atoms with Gasteiger partial charge in [-0.05, 0) is 6.42 Å². The van der Waals surface area contributed by atoms with Crippen LogP contribution in [0, 0.1) is 0 Å². The number of carbonyl (C=O) groups is 1. The number of ether oxygens (including phenoxy) is 1. The molecule has 8 heteroatoms. The number of aliphatic carboxylic acids is 1. The van der Waals surface area contributed by atoms with Gasteiger partial charge < -0.3 is 9.84 Å². The van der Waals surface area contributed by atoms with Crippen molar-refractivity contribution >= 4 is 16.2 Å². The Bertz CT molecular complexity index is 304. The van der Waals surface area contributed by atoms with Crippen LogP contribution < -0.4 is 4.72 Å². The van der Waals surface area contributed by atoms with Crippen LogP contribution in [0.1, 0.15) is 13.3 Å². The third kappa shape index (κ3) is 6.01. The number of carboxylic acid groups (broad SMARTS) is 1. The van der Waals surface area contributed by atoms with Gasteiger partial charge in [0.05, 0.1) is 6.61 Å². The molecule has 7 nitrogen and oxygen atoms in total. The molecule has 0 heterocycles. The van der Waals surface area contributed by atoms with Crippen molar-refractivity contribution in [3.05, 3.63) is 0 Å². The van der Waals surface area contributed by atoms with Crippen molar-refractivity contribution in [2.45, 2.75) is 13.3 Å². The van der Waals surface area contributed by atoms with E-state index in [9.17, 15) is 13.2 Å². The first-order valence-corrected chi connectivity index (χ1v) is 6.33. The molecule has 0 bridgehead atoms. The summed E-state index contributed by atoms with van der Waals surface area (Å²) in [6.45, 7) is 1.79. The van der Waals surface area contributed by atoms with Crippen LogP contribution >= 0.6 is 0 Å². The Hall–Kier alpha value is -0.700. The van der Waals surface area contributed by atoms with Crippen molar-refractivity contribution in [1.82, 2.24) is 9.03 Å². The Kier molecular flexibility index (Phi) is 7.22. The molecule has 0 aliphatic heterocycles. The highest BCUT2D eigenvalue weighted by atomic mass is 32.2. The number of hydrogen-bond donors (Lipinski definition) is 2. The standard InChI is InChI=1S/C8H18N2O5S/c1-3-5-10(7-8(11)12)16(13,14)9-4-6-15-2/h9H,3-7H2,1-2H3,(H,11,12). The predicted molar refractivity (Wildman–Crippen MR) is 58.3 cm³/mol. The molecule has 0 radical (unpaired) electrons. The number of nitrogens with zero attached hydrogens (tertiary/aromatic N) is 1. The fourth-order valence-electron chi connectivity index (χ4n) is 1.05. The van der Waals surface area contributed by atoms with E-state index in [1.165, 1.54) is 7.11 Å². The van der Waals surface area contributed by atoms with Crippen LogP contribution in [0.25, 0.3) is 0 Å². The zero-order valence-corrected chi connectivity index (χ0v) is 10.3. The van der Waals surface area contributed by atoms with E-state index in [4.69, 9.17) is 9.84 Å². The fraction of sp³-hybridized carbons (Fsp3) is 0.875. The summed E-state index contributed by atoms with van der Waals surface area (Å²) < 4.78 is 31.1. The van der Waals surface area contributed by atoms with E-state index in [1.807, 2.05) is 0 Å². The van der Waals surface area contributed by atoms with Gasteiger partial charge in [-0.15, -0.1) is 0 Å². The lowest BCUT2D eigenvalue weighted by Gasteiger charge is -2.19. The van der Waals surface area contributed by atoms with Gasteiger partial charge in [0.25, 0.3) is 10.2 Å². The molecule has 0 rings (SSSR count). The van der Waals surface area contributed by atoms with Crippen molar-refractivity contribution in [1.29, 1.82) is 0 Å². The number of hydrogen-bond acceptors (Lipinski definition) is 4. The Morgan fingerprint density at radius 1 is 1.50 bits per heavy atom. The SMILES string of the molecule is CCCN(CC(=O)O)S(=O)(=O)NCCOC. The largest absolute Gasteiger partial charge is 0.480 e. The highest BCUT2D eigenvalue weighted by Gasteiger charge is 2.22. The quantitative estimate of drug-likeness (QED) is 0.528. The molecular formula is C8H18N2O5S. The molecule has 0 spiro atoms. The van der Waals surface area contributed by atoms with Crippen LogP contribution in [0.2, 0.25) is 0 Å². The van der Waals surface area contributed by atoms with Crippen LogP contribution in [0.15, 0.2) is 0 Å². The summed E-state index contributed by atoms with van der Waals surface area (Å²) in [6.07, 6.45) is 0.554. The maximum absolute atomic E-state index is 11.6. The summed E-state index contributed by atoms with van der Waals surface area (Å²) in [6, 6.07) is 0. The molecule has 0 aromatic carbocycles. The molecule has 0 aromatic heterocycles. The Morgan fingerprint density at radius 3 is 2.56 bits per heavy atom. The minimum Gasteiger partial charge on any atom is -0.480 e. The molecule has 0 saturated carbocycles. The van der Waals surface area contributed by atoms with Crippen molar-refractivity contribution in [3.8, 4) is 0 Å². The Labute approximate surface area is 95.6 Å².